The van der Waals surface area contributed by atoms with Gasteiger partial charge in [-0.2, -0.15) is 0 Å². The third-order valence-corrected chi connectivity index (χ3v) is 6.32. The van der Waals surface area contributed by atoms with Gasteiger partial charge in [0, 0.05) is 11.1 Å². The summed E-state index contributed by atoms with van der Waals surface area (Å²) in [6.07, 6.45) is 0.606. The van der Waals surface area contributed by atoms with Gasteiger partial charge in [0.1, 0.15) is 0 Å². The van der Waals surface area contributed by atoms with E-state index >= 15 is 0 Å². The fraction of sp³-hybridized carbons (Fsp3) is 0.478. The highest BCUT2D eigenvalue weighted by molar-refractivity contribution is 5.88. The molecular formula is C23H28O7. The van der Waals surface area contributed by atoms with Gasteiger partial charge in [-0.3, -0.25) is 0 Å². The predicted molar refractivity (Wildman–Crippen MR) is 111 cm³/mol. The highest BCUT2D eigenvalue weighted by Crippen LogP contribution is 2.58. The zero-order chi connectivity index (χ0) is 21.6. The summed E-state index contributed by atoms with van der Waals surface area (Å²) in [4.78, 5) is 0. The fourth-order valence-corrected chi connectivity index (χ4v) is 4.84. The summed E-state index contributed by atoms with van der Waals surface area (Å²) >= 11 is 0. The van der Waals surface area contributed by atoms with E-state index in [2.05, 4.69) is 6.92 Å². The largest absolute Gasteiger partial charge is 0.504 e. The molecule has 0 aromatic heterocycles. The molecule has 1 fully saturated rings. The summed E-state index contributed by atoms with van der Waals surface area (Å²) < 4.78 is 34.6. The Kier molecular flexibility index (Phi) is 5.32. The minimum absolute atomic E-state index is 0.0396. The first-order valence-electron chi connectivity index (χ1n) is 9.92. The molecule has 1 N–H and O–H groups in total. The monoisotopic (exact) mass is 416 g/mol. The summed E-state index contributed by atoms with van der Waals surface area (Å²) in [6, 6.07) is 3.70. The molecule has 0 radical (unpaired) electrons. The van der Waals surface area contributed by atoms with E-state index in [1.54, 1.807) is 34.5 Å². The van der Waals surface area contributed by atoms with E-state index < -0.39 is 0 Å². The van der Waals surface area contributed by atoms with Crippen LogP contribution in [-0.2, 0) is 11.2 Å². The highest BCUT2D eigenvalue weighted by atomic mass is 16.5. The number of phenolic OH excluding ortho intramolecular Hbond substituents is 1. The van der Waals surface area contributed by atoms with Crippen LogP contribution >= 0.6 is 0 Å². The molecule has 1 aliphatic heterocycles. The third kappa shape index (κ3) is 2.83. The first kappa shape index (κ1) is 20.5. The minimum Gasteiger partial charge on any atom is -0.504 e. The van der Waals surface area contributed by atoms with Crippen molar-refractivity contribution < 1.29 is 33.5 Å². The Hall–Kier alpha value is -2.80. The SMILES string of the molecule is COc1cc2c(c(OC)c1OC)-c1c(cc(O)c(OC)c1OC)C[C@H]1CO[C@@H]2[C@@H]1C. The van der Waals surface area contributed by atoms with Gasteiger partial charge in [-0.15, -0.1) is 0 Å². The van der Waals surface area contributed by atoms with Crippen molar-refractivity contribution in [1.82, 2.24) is 0 Å². The molecule has 2 aliphatic rings. The minimum atomic E-state index is -0.128. The van der Waals surface area contributed by atoms with E-state index in [0.717, 1.165) is 28.7 Å². The first-order valence-corrected chi connectivity index (χ1v) is 9.92. The van der Waals surface area contributed by atoms with E-state index in [1.165, 1.54) is 7.11 Å². The lowest BCUT2D eigenvalue weighted by atomic mass is 9.77. The van der Waals surface area contributed by atoms with Crippen molar-refractivity contribution in [3.05, 3.63) is 23.3 Å². The maximum Gasteiger partial charge on any atom is 0.203 e. The van der Waals surface area contributed by atoms with Crippen molar-refractivity contribution in [1.29, 1.82) is 0 Å². The molecule has 1 saturated heterocycles. The average Bonchev–Trinajstić information content (AvgIpc) is 3.13. The Morgan fingerprint density at radius 1 is 0.833 bits per heavy atom. The van der Waals surface area contributed by atoms with Crippen molar-refractivity contribution in [3.8, 4) is 45.6 Å². The molecule has 0 unspecified atom stereocenters. The molecule has 0 saturated carbocycles. The van der Waals surface area contributed by atoms with Crippen LogP contribution in [0.2, 0.25) is 0 Å². The number of benzene rings is 2. The maximum atomic E-state index is 10.6. The van der Waals surface area contributed by atoms with Crippen LogP contribution in [0, 0.1) is 11.8 Å². The second kappa shape index (κ2) is 7.80. The van der Waals surface area contributed by atoms with Crippen molar-refractivity contribution >= 4 is 0 Å². The van der Waals surface area contributed by atoms with Crippen LogP contribution in [0.3, 0.4) is 0 Å². The number of hydrogen-bond donors (Lipinski definition) is 1. The molecule has 2 bridgehead atoms. The zero-order valence-electron chi connectivity index (χ0n) is 18.2. The van der Waals surface area contributed by atoms with Crippen LogP contribution in [0.4, 0.5) is 0 Å². The molecule has 4 rings (SSSR count). The van der Waals surface area contributed by atoms with Gasteiger partial charge in [-0.25, -0.2) is 0 Å². The number of aromatic hydroxyl groups is 1. The van der Waals surface area contributed by atoms with E-state index in [4.69, 9.17) is 28.4 Å². The molecule has 30 heavy (non-hydrogen) atoms. The van der Waals surface area contributed by atoms with Crippen molar-refractivity contribution in [3.63, 3.8) is 0 Å². The van der Waals surface area contributed by atoms with Gasteiger partial charge in [0.15, 0.2) is 23.0 Å². The molecule has 1 aliphatic carbocycles. The maximum absolute atomic E-state index is 10.6. The smallest absolute Gasteiger partial charge is 0.203 e. The highest BCUT2D eigenvalue weighted by Gasteiger charge is 2.42. The number of hydrogen-bond acceptors (Lipinski definition) is 7. The Balaban J connectivity index is 2.18. The van der Waals surface area contributed by atoms with Crippen LogP contribution in [0.1, 0.15) is 24.2 Å². The summed E-state index contributed by atoms with van der Waals surface area (Å²) in [5.74, 6) is 2.93. The standard InChI is InChI=1S/C23H28O7/c1-11-13-7-12-8-15(24)20(26-3)22(28-5)17(12)18-14(19(11)30-10-13)9-16(25-2)21(27-4)23(18)29-6/h8-9,11,13,19,24H,7,10H2,1-6H3/t11-,13+,19-/m1/s1. The van der Waals surface area contributed by atoms with E-state index in [0.29, 0.717) is 35.5 Å². The van der Waals surface area contributed by atoms with Crippen LogP contribution in [0.5, 0.6) is 34.5 Å². The molecule has 7 heteroatoms. The quantitative estimate of drug-likeness (QED) is 0.790. The van der Waals surface area contributed by atoms with Gasteiger partial charge in [0.2, 0.25) is 11.5 Å². The number of ether oxygens (including phenoxy) is 6. The van der Waals surface area contributed by atoms with Crippen molar-refractivity contribution in [2.75, 3.05) is 42.2 Å². The summed E-state index contributed by atoms with van der Waals surface area (Å²) in [5.41, 5.74) is 3.49. The van der Waals surface area contributed by atoms with Gasteiger partial charge in [0.05, 0.1) is 48.3 Å². The lowest BCUT2D eigenvalue weighted by Gasteiger charge is -2.30. The van der Waals surface area contributed by atoms with E-state index in [9.17, 15) is 5.11 Å². The topological polar surface area (TPSA) is 75.6 Å². The lowest BCUT2D eigenvalue weighted by molar-refractivity contribution is 0.0935. The van der Waals surface area contributed by atoms with Crippen LogP contribution < -0.4 is 23.7 Å². The van der Waals surface area contributed by atoms with Crippen LogP contribution in [-0.4, -0.2) is 47.3 Å². The molecule has 7 nitrogen and oxygen atoms in total. The molecule has 162 valence electrons. The van der Waals surface area contributed by atoms with Crippen LogP contribution in [0.25, 0.3) is 11.1 Å². The van der Waals surface area contributed by atoms with Gasteiger partial charge >= 0.3 is 0 Å². The second-order valence-electron chi connectivity index (χ2n) is 7.68. The summed E-state index contributed by atoms with van der Waals surface area (Å²) in [5, 5.41) is 10.6. The Labute approximate surface area is 176 Å². The summed E-state index contributed by atoms with van der Waals surface area (Å²) in [6.45, 7) is 2.83. The molecule has 1 heterocycles. The molecule has 2 aromatic rings. The van der Waals surface area contributed by atoms with E-state index in [-0.39, 0.29) is 23.5 Å². The number of phenols is 1. The number of fused-ring (bicyclic) bond motifs is 6. The fourth-order valence-electron chi connectivity index (χ4n) is 4.84. The molecule has 3 atom stereocenters. The number of methoxy groups -OCH3 is 5. The van der Waals surface area contributed by atoms with Gasteiger partial charge in [0.25, 0.3) is 0 Å². The Morgan fingerprint density at radius 3 is 2.07 bits per heavy atom. The summed E-state index contributed by atoms with van der Waals surface area (Å²) in [7, 11) is 7.85. The first-order chi connectivity index (χ1) is 14.5. The van der Waals surface area contributed by atoms with E-state index in [1.807, 2.05) is 6.07 Å². The Morgan fingerprint density at radius 2 is 1.47 bits per heavy atom. The van der Waals surface area contributed by atoms with Gasteiger partial charge < -0.3 is 33.5 Å². The average molecular weight is 416 g/mol. The van der Waals surface area contributed by atoms with Crippen molar-refractivity contribution in [2.45, 2.75) is 19.4 Å². The number of rotatable bonds is 5. The zero-order valence-corrected chi connectivity index (χ0v) is 18.2. The molecule has 0 amide bonds. The van der Waals surface area contributed by atoms with Gasteiger partial charge in [-0.05, 0) is 41.5 Å². The molecule has 2 aromatic carbocycles. The molecule has 0 spiro atoms. The van der Waals surface area contributed by atoms with Gasteiger partial charge in [-0.1, -0.05) is 6.92 Å². The molecular weight excluding hydrogens is 388 g/mol. The normalized spacial score (nSPS) is 21.7. The van der Waals surface area contributed by atoms with Crippen LogP contribution in [0.15, 0.2) is 12.1 Å². The van der Waals surface area contributed by atoms with Crippen molar-refractivity contribution in [2.24, 2.45) is 11.8 Å². The Bertz CT molecular complexity index is 969. The lowest BCUT2D eigenvalue weighted by Crippen LogP contribution is -2.18. The second-order valence-corrected chi connectivity index (χ2v) is 7.68. The predicted octanol–water partition coefficient (Wildman–Crippen LogP) is 3.98. The third-order valence-electron chi connectivity index (χ3n) is 6.32.